The SMILES string of the molecule is Cc1cc(F)ccc1[C@H]1C[C@H](NCC(N)=O)CCN1C(=O)N(C)Cc1cc(C(F)(F)F)cc(C(F)(F)F)c1.Cl. The fraction of sp³-hybridized carbons (Fsp3) is 0.440. The van der Waals surface area contributed by atoms with Crippen LogP contribution < -0.4 is 11.1 Å². The van der Waals surface area contributed by atoms with Gasteiger partial charge in [0, 0.05) is 26.2 Å². The average molecular weight is 585 g/mol. The molecule has 0 saturated carbocycles. The molecule has 0 bridgehead atoms. The van der Waals surface area contributed by atoms with Crippen molar-refractivity contribution in [2.24, 2.45) is 5.73 Å². The van der Waals surface area contributed by atoms with Gasteiger partial charge in [0.05, 0.1) is 23.7 Å². The molecule has 3 N–H and O–H groups in total. The Balaban J connectivity index is 0.00000533. The Morgan fingerprint density at radius 1 is 1.05 bits per heavy atom. The van der Waals surface area contributed by atoms with E-state index >= 15 is 0 Å². The lowest BCUT2D eigenvalue weighted by Gasteiger charge is -2.42. The highest BCUT2D eigenvalue weighted by Gasteiger charge is 2.38. The summed E-state index contributed by atoms with van der Waals surface area (Å²) in [6.07, 6.45) is -9.29. The summed E-state index contributed by atoms with van der Waals surface area (Å²) in [7, 11) is 1.28. The first-order chi connectivity index (χ1) is 17.6. The number of urea groups is 1. The summed E-state index contributed by atoms with van der Waals surface area (Å²) in [5, 5.41) is 3.01. The summed E-state index contributed by atoms with van der Waals surface area (Å²) in [4.78, 5) is 27.1. The van der Waals surface area contributed by atoms with Gasteiger partial charge in [-0.05, 0) is 66.8 Å². The number of nitrogens with zero attached hydrogens (tertiary/aromatic N) is 2. The minimum atomic E-state index is -5.01. The van der Waals surface area contributed by atoms with Gasteiger partial charge in [-0.2, -0.15) is 26.3 Å². The number of rotatable bonds is 6. The Morgan fingerprint density at radius 3 is 2.15 bits per heavy atom. The molecule has 0 spiro atoms. The molecule has 0 radical (unpaired) electrons. The zero-order valence-corrected chi connectivity index (χ0v) is 21.8. The van der Waals surface area contributed by atoms with Crippen LogP contribution in [0.4, 0.5) is 35.5 Å². The second-order valence-electron chi connectivity index (χ2n) is 9.33. The van der Waals surface area contributed by atoms with E-state index in [1.165, 1.54) is 30.1 Å². The van der Waals surface area contributed by atoms with Crippen molar-refractivity contribution in [1.82, 2.24) is 15.1 Å². The molecular formula is C25H28ClF7N4O2. The van der Waals surface area contributed by atoms with E-state index in [2.05, 4.69) is 5.32 Å². The third-order valence-electron chi connectivity index (χ3n) is 6.40. The summed E-state index contributed by atoms with van der Waals surface area (Å²) in [5.41, 5.74) is 3.11. The van der Waals surface area contributed by atoms with Gasteiger partial charge in [0.15, 0.2) is 0 Å². The normalized spacial score (nSPS) is 17.9. The molecule has 1 aliphatic heterocycles. The molecule has 2 atom stereocenters. The number of benzene rings is 2. The molecule has 14 heteroatoms. The van der Waals surface area contributed by atoms with E-state index in [4.69, 9.17) is 5.73 Å². The zero-order valence-electron chi connectivity index (χ0n) is 21.0. The van der Waals surface area contributed by atoms with Crippen LogP contribution in [0.15, 0.2) is 36.4 Å². The quantitative estimate of drug-likeness (QED) is 0.445. The number of hydrogen-bond acceptors (Lipinski definition) is 3. The van der Waals surface area contributed by atoms with Crippen molar-refractivity contribution < 1.29 is 40.3 Å². The third kappa shape index (κ3) is 8.21. The van der Waals surface area contributed by atoms with Crippen molar-refractivity contribution in [2.45, 2.75) is 50.7 Å². The number of primary amides is 1. The highest BCUT2D eigenvalue weighted by Crippen LogP contribution is 2.37. The maximum atomic E-state index is 13.7. The highest BCUT2D eigenvalue weighted by atomic mass is 35.5. The highest BCUT2D eigenvalue weighted by molar-refractivity contribution is 5.85. The van der Waals surface area contributed by atoms with Gasteiger partial charge in [-0.25, -0.2) is 9.18 Å². The second-order valence-corrected chi connectivity index (χ2v) is 9.33. The Kier molecular flexibility index (Phi) is 10.2. The molecule has 39 heavy (non-hydrogen) atoms. The van der Waals surface area contributed by atoms with Gasteiger partial charge in [0.2, 0.25) is 5.91 Å². The third-order valence-corrected chi connectivity index (χ3v) is 6.40. The van der Waals surface area contributed by atoms with E-state index in [1.807, 2.05) is 0 Å². The minimum absolute atomic E-state index is 0. The number of piperidine rings is 1. The topological polar surface area (TPSA) is 78.7 Å². The average Bonchev–Trinajstić information content (AvgIpc) is 2.81. The standard InChI is InChI=1S/C25H27F7N4O2.ClH/c1-14-7-18(26)3-4-20(14)21-11-19(34-12-22(33)37)5-6-36(21)23(38)35(2)13-15-8-16(24(27,28)29)10-17(9-15)25(30,31)32;/h3-4,7-10,19,21,34H,5-6,11-13H2,1-2H3,(H2,33,37);1H/t19-,21-;/m1./s1. The van der Waals surface area contributed by atoms with Crippen LogP contribution in [0.3, 0.4) is 0 Å². The van der Waals surface area contributed by atoms with Crippen LogP contribution in [0.2, 0.25) is 0 Å². The number of amides is 3. The number of likely N-dealkylation sites (tertiary alicyclic amines) is 1. The Bertz CT molecular complexity index is 1160. The Hall–Kier alpha value is -3.06. The van der Waals surface area contributed by atoms with Gasteiger partial charge in [-0.15, -0.1) is 12.4 Å². The van der Waals surface area contributed by atoms with E-state index in [0.29, 0.717) is 36.1 Å². The molecule has 0 aliphatic carbocycles. The van der Waals surface area contributed by atoms with Gasteiger partial charge >= 0.3 is 18.4 Å². The van der Waals surface area contributed by atoms with Crippen LogP contribution >= 0.6 is 12.4 Å². The predicted molar refractivity (Wildman–Crippen MR) is 131 cm³/mol. The molecular weight excluding hydrogens is 557 g/mol. The van der Waals surface area contributed by atoms with E-state index in [-0.39, 0.29) is 43.2 Å². The minimum Gasteiger partial charge on any atom is -0.369 e. The number of nitrogens with one attached hydrogen (secondary N) is 1. The Labute approximate surface area is 226 Å². The number of halogens is 8. The second kappa shape index (κ2) is 12.4. The van der Waals surface area contributed by atoms with Crippen molar-refractivity contribution in [3.8, 4) is 0 Å². The van der Waals surface area contributed by atoms with E-state index in [0.717, 1.165) is 4.90 Å². The molecule has 0 unspecified atom stereocenters. The van der Waals surface area contributed by atoms with Gasteiger partial charge in [0.25, 0.3) is 0 Å². The van der Waals surface area contributed by atoms with Gasteiger partial charge < -0.3 is 20.9 Å². The largest absolute Gasteiger partial charge is 0.416 e. The van der Waals surface area contributed by atoms with Crippen LogP contribution in [-0.2, 0) is 23.7 Å². The van der Waals surface area contributed by atoms with Crippen LogP contribution in [0.5, 0.6) is 0 Å². The van der Waals surface area contributed by atoms with E-state index < -0.39 is 53.8 Å². The lowest BCUT2D eigenvalue weighted by atomic mass is 9.89. The molecule has 3 rings (SSSR count). The number of carbonyl (C=O) groups excluding carboxylic acids is 2. The van der Waals surface area contributed by atoms with Crippen LogP contribution in [0.1, 0.15) is 46.7 Å². The molecule has 1 saturated heterocycles. The number of nitrogens with two attached hydrogens (primary N) is 1. The van der Waals surface area contributed by atoms with Gasteiger partial charge in [0.1, 0.15) is 5.82 Å². The maximum Gasteiger partial charge on any atom is 0.416 e. The monoisotopic (exact) mass is 584 g/mol. The lowest BCUT2D eigenvalue weighted by molar-refractivity contribution is -0.143. The summed E-state index contributed by atoms with van der Waals surface area (Å²) in [5.74, 6) is -1.05. The number of aryl methyl sites for hydroxylation is 1. The summed E-state index contributed by atoms with van der Waals surface area (Å²) < 4.78 is 93.3. The first-order valence-electron chi connectivity index (χ1n) is 11.6. The zero-order chi connectivity index (χ0) is 28.4. The van der Waals surface area contributed by atoms with Crippen molar-refractivity contribution in [1.29, 1.82) is 0 Å². The molecule has 216 valence electrons. The van der Waals surface area contributed by atoms with Crippen molar-refractivity contribution in [3.05, 3.63) is 70.0 Å². The van der Waals surface area contributed by atoms with Gasteiger partial charge in [-0.3, -0.25) is 4.79 Å². The number of carbonyl (C=O) groups is 2. The van der Waals surface area contributed by atoms with E-state index in [1.54, 1.807) is 6.92 Å². The molecule has 0 aromatic heterocycles. The molecule has 1 aliphatic rings. The molecule has 2 aromatic carbocycles. The first kappa shape index (κ1) is 32.2. The van der Waals surface area contributed by atoms with E-state index in [9.17, 15) is 40.3 Å². The summed E-state index contributed by atoms with van der Waals surface area (Å²) >= 11 is 0. The molecule has 3 amide bonds. The van der Waals surface area contributed by atoms with Gasteiger partial charge in [-0.1, -0.05) is 6.07 Å². The van der Waals surface area contributed by atoms with Crippen molar-refractivity contribution >= 4 is 24.3 Å². The number of alkyl halides is 6. The van der Waals surface area contributed by atoms with Crippen molar-refractivity contribution in [2.75, 3.05) is 20.1 Å². The predicted octanol–water partition coefficient (Wildman–Crippen LogP) is 5.43. The lowest BCUT2D eigenvalue weighted by Crippen LogP contribution is -2.51. The van der Waals surface area contributed by atoms with Crippen LogP contribution in [0, 0.1) is 12.7 Å². The fourth-order valence-electron chi connectivity index (χ4n) is 4.60. The molecule has 6 nitrogen and oxygen atoms in total. The van der Waals surface area contributed by atoms with Crippen molar-refractivity contribution in [3.63, 3.8) is 0 Å². The molecule has 1 heterocycles. The first-order valence-corrected chi connectivity index (χ1v) is 11.6. The van der Waals surface area contributed by atoms with Crippen LogP contribution in [0.25, 0.3) is 0 Å². The van der Waals surface area contributed by atoms with Crippen LogP contribution in [-0.4, -0.2) is 47.9 Å². The summed E-state index contributed by atoms with van der Waals surface area (Å²) in [6, 6.07) is 3.80. The molecule has 2 aromatic rings. The fourth-order valence-corrected chi connectivity index (χ4v) is 4.60. The Morgan fingerprint density at radius 2 is 1.64 bits per heavy atom. The number of hydrogen-bond donors (Lipinski definition) is 2. The summed E-state index contributed by atoms with van der Waals surface area (Å²) in [6.45, 7) is 1.22. The molecule has 1 fully saturated rings. The maximum absolute atomic E-state index is 13.7. The smallest absolute Gasteiger partial charge is 0.369 e.